The molecule has 1 N–H and O–H groups in total. The molecule has 4 heteroatoms. The number of hydrogen-bond acceptors (Lipinski definition) is 3. The lowest BCUT2D eigenvalue weighted by Gasteiger charge is -2.12. The highest BCUT2D eigenvalue weighted by molar-refractivity contribution is 6.04. The van der Waals surface area contributed by atoms with Crippen molar-refractivity contribution in [3.8, 4) is 5.75 Å². The van der Waals surface area contributed by atoms with E-state index in [0.717, 1.165) is 42.9 Å². The summed E-state index contributed by atoms with van der Waals surface area (Å²) in [7, 11) is 0. The van der Waals surface area contributed by atoms with Gasteiger partial charge in [0.15, 0.2) is 0 Å². The number of amides is 1. The Morgan fingerprint density at radius 1 is 1.21 bits per heavy atom. The molecule has 1 aliphatic heterocycles. The summed E-state index contributed by atoms with van der Waals surface area (Å²) in [6.45, 7) is 3.47. The molecule has 2 aromatic carbocycles. The van der Waals surface area contributed by atoms with Gasteiger partial charge in [0.25, 0.3) is 5.91 Å². The van der Waals surface area contributed by atoms with Gasteiger partial charge in [0.2, 0.25) is 0 Å². The number of carbonyl (C=O) groups excluding carboxylic acids is 1. The molecule has 1 fully saturated rings. The van der Waals surface area contributed by atoms with Crippen LogP contribution in [0.4, 0.5) is 5.69 Å². The lowest BCUT2D eigenvalue weighted by molar-refractivity contribution is 0.0679. The smallest absolute Gasteiger partial charge is 0.255 e. The first-order chi connectivity index (χ1) is 11.8. The number of aryl methyl sites for hydroxylation is 1. The number of carbonyl (C=O) groups is 1. The van der Waals surface area contributed by atoms with E-state index in [9.17, 15) is 4.79 Å². The minimum absolute atomic E-state index is 0.110. The Bertz CT molecular complexity index is 676. The molecule has 3 rings (SSSR count). The lowest BCUT2D eigenvalue weighted by Crippen LogP contribution is -2.16. The van der Waals surface area contributed by atoms with Gasteiger partial charge in [-0.05, 0) is 55.2 Å². The van der Waals surface area contributed by atoms with Crippen LogP contribution < -0.4 is 10.1 Å². The van der Waals surface area contributed by atoms with Crippen molar-refractivity contribution in [2.45, 2.75) is 32.3 Å². The fraction of sp³-hybridized carbons (Fsp3) is 0.350. The van der Waals surface area contributed by atoms with Gasteiger partial charge in [-0.25, -0.2) is 0 Å². The van der Waals surface area contributed by atoms with Crippen LogP contribution >= 0.6 is 0 Å². The van der Waals surface area contributed by atoms with Gasteiger partial charge in [-0.1, -0.05) is 25.1 Å². The van der Waals surface area contributed by atoms with Gasteiger partial charge in [-0.15, -0.1) is 0 Å². The topological polar surface area (TPSA) is 47.6 Å². The number of nitrogens with one attached hydrogen (secondary N) is 1. The van der Waals surface area contributed by atoms with Gasteiger partial charge >= 0.3 is 0 Å². The van der Waals surface area contributed by atoms with Crippen LogP contribution in [-0.2, 0) is 11.2 Å². The minimum Gasteiger partial charge on any atom is -0.491 e. The van der Waals surface area contributed by atoms with Crippen LogP contribution in [-0.4, -0.2) is 25.2 Å². The normalized spacial score (nSPS) is 16.8. The number of ether oxygens (including phenoxy) is 2. The third-order valence-corrected chi connectivity index (χ3v) is 4.22. The van der Waals surface area contributed by atoms with Crippen molar-refractivity contribution < 1.29 is 14.3 Å². The second-order valence-corrected chi connectivity index (χ2v) is 5.94. The zero-order chi connectivity index (χ0) is 16.8. The predicted octanol–water partition coefficient (Wildman–Crippen LogP) is 4.06. The Kier molecular flexibility index (Phi) is 5.49. The molecule has 0 saturated carbocycles. The van der Waals surface area contributed by atoms with Crippen LogP contribution in [0, 0.1) is 0 Å². The Hall–Kier alpha value is -2.33. The summed E-state index contributed by atoms with van der Waals surface area (Å²) in [5.41, 5.74) is 2.61. The Morgan fingerprint density at radius 2 is 2.00 bits per heavy atom. The van der Waals surface area contributed by atoms with Gasteiger partial charge < -0.3 is 14.8 Å². The molecule has 0 aromatic heterocycles. The number of hydrogen-bond donors (Lipinski definition) is 1. The molecule has 1 aliphatic rings. The second kappa shape index (κ2) is 7.97. The second-order valence-electron chi connectivity index (χ2n) is 5.94. The molecule has 0 radical (unpaired) electrons. The Balaban J connectivity index is 1.59. The summed E-state index contributed by atoms with van der Waals surface area (Å²) < 4.78 is 11.3. The first-order valence-electron chi connectivity index (χ1n) is 8.50. The van der Waals surface area contributed by atoms with Crippen molar-refractivity contribution in [1.29, 1.82) is 0 Å². The van der Waals surface area contributed by atoms with E-state index >= 15 is 0 Å². The highest BCUT2D eigenvalue weighted by Crippen LogP contribution is 2.19. The predicted molar refractivity (Wildman–Crippen MR) is 94.7 cm³/mol. The van der Waals surface area contributed by atoms with E-state index in [1.165, 1.54) is 0 Å². The largest absolute Gasteiger partial charge is 0.491 e. The van der Waals surface area contributed by atoms with Crippen molar-refractivity contribution in [3.63, 3.8) is 0 Å². The molecule has 2 aromatic rings. The lowest BCUT2D eigenvalue weighted by atomic mass is 10.1. The van der Waals surface area contributed by atoms with Crippen LogP contribution in [0.2, 0.25) is 0 Å². The van der Waals surface area contributed by atoms with E-state index in [1.807, 2.05) is 36.4 Å². The fourth-order valence-corrected chi connectivity index (χ4v) is 2.81. The van der Waals surface area contributed by atoms with Gasteiger partial charge in [0, 0.05) is 17.9 Å². The zero-order valence-corrected chi connectivity index (χ0v) is 14.0. The molecule has 0 unspecified atom stereocenters. The van der Waals surface area contributed by atoms with E-state index in [1.54, 1.807) is 12.1 Å². The number of benzene rings is 2. The van der Waals surface area contributed by atoms with Crippen molar-refractivity contribution in [2.24, 2.45) is 0 Å². The summed E-state index contributed by atoms with van der Waals surface area (Å²) in [5, 5.41) is 2.97. The number of anilines is 1. The van der Waals surface area contributed by atoms with Crippen LogP contribution in [0.1, 0.15) is 35.7 Å². The molecule has 1 heterocycles. The zero-order valence-electron chi connectivity index (χ0n) is 14.0. The van der Waals surface area contributed by atoms with Crippen molar-refractivity contribution >= 4 is 11.6 Å². The molecule has 4 nitrogen and oxygen atoms in total. The van der Waals surface area contributed by atoms with E-state index in [-0.39, 0.29) is 12.0 Å². The molecule has 0 aliphatic carbocycles. The fourth-order valence-electron chi connectivity index (χ4n) is 2.81. The summed E-state index contributed by atoms with van der Waals surface area (Å²) in [4.78, 5) is 12.4. The summed E-state index contributed by atoms with van der Waals surface area (Å²) in [6.07, 6.45) is 3.23. The Morgan fingerprint density at radius 3 is 2.71 bits per heavy atom. The summed E-state index contributed by atoms with van der Waals surface area (Å²) in [6, 6.07) is 15.1. The standard InChI is InChI=1S/C20H23NO3/c1-2-15-6-3-4-8-19(15)21-20(22)16-9-11-17(12-10-16)24-14-18-7-5-13-23-18/h3-4,6,8-12,18H,2,5,7,13-14H2,1H3,(H,21,22)/t18-/m1/s1. The number of para-hydroxylation sites is 1. The van der Waals surface area contributed by atoms with E-state index in [4.69, 9.17) is 9.47 Å². The molecular weight excluding hydrogens is 302 g/mol. The van der Waals surface area contributed by atoms with E-state index in [2.05, 4.69) is 12.2 Å². The van der Waals surface area contributed by atoms with Crippen molar-refractivity contribution in [1.82, 2.24) is 0 Å². The van der Waals surface area contributed by atoms with Crippen LogP contribution in [0.15, 0.2) is 48.5 Å². The average molecular weight is 325 g/mol. The maximum atomic E-state index is 12.4. The van der Waals surface area contributed by atoms with Crippen molar-refractivity contribution in [3.05, 3.63) is 59.7 Å². The van der Waals surface area contributed by atoms with Crippen LogP contribution in [0.3, 0.4) is 0 Å². The molecule has 1 amide bonds. The Labute approximate surface area is 142 Å². The van der Waals surface area contributed by atoms with Gasteiger partial charge in [-0.3, -0.25) is 4.79 Å². The first-order valence-corrected chi connectivity index (χ1v) is 8.50. The van der Waals surface area contributed by atoms with Crippen LogP contribution in [0.25, 0.3) is 0 Å². The maximum Gasteiger partial charge on any atom is 0.255 e. The summed E-state index contributed by atoms with van der Waals surface area (Å²) in [5.74, 6) is 0.651. The monoisotopic (exact) mass is 325 g/mol. The molecule has 126 valence electrons. The molecule has 1 saturated heterocycles. The van der Waals surface area contributed by atoms with Gasteiger partial charge in [0.05, 0.1) is 6.10 Å². The number of rotatable bonds is 6. The van der Waals surface area contributed by atoms with Gasteiger partial charge in [0.1, 0.15) is 12.4 Å². The molecule has 1 atom stereocenters. The van der Waals surface area contributed by atoms with Gasteiger partial charge in [-0.2, -0.15) is 0 Å². The third kappa shape index (κ3) is 4.15. The van der Waals surface area contributed by atoms with Crippen LogP contribution in [0.5, 0.6) is 5.75 Å². The van der Waals surface area contributed by atoms with Crippen molar-refractivity contribution in [2.75, 3.05) is 18.5 Å². The first kappa shape index (κ1) is 16.5. The quantitative estimate of drug-likeness (QED) is 0.871. The van der Waals surface area contributed by atoms with E-state index in [0.29, 0.717) is 12.2 Å². The van der Waals surface area contributed by atoms with E-state index < -0.39 is 0 Å². The maximum absolute atomic E-state index is 12.4. The SMILES string of the molecule is CCc1ccccc1NC(=O)c1ccc(OC[C@H]2CCCO2)cc1. The average Bonchev–Trinajstić information content (AvgIpc) is 3.14. The third-order valence-electron chi connectivity index (χ3n) is 4.22. The summed E-state index contributed by atoms with van der Waals surface area (Å²) >= 11 is 0. The minimum atomic E-state index is -0.110. The molecule has 24 heavy (non-hydrogen) atoms. The molecule has 0 spiro atoms. The molecular formula is C20H23NO3. The highest BCUT2D eigenvalue weighted by atomic mass is 16.5. The molecule has 0 bridgehead atoms. The highest BCUT2D eigenvalue weighted by Gasteiger charge is 2.16.